The minimum Gasteiger partial charge on any atom is -0.508 e. The van der Waals surface area contributed by atoms with E-state index in [0.29, 0.717) is 17.6 Å². The highest BCUT2D eigenvalue weighted by Gasteiger charge is 2.53. The Morgan fingerprint density at radius 1 is 1.24 bits per heavy atom. The number of halogens is 1. The van der Waals surface area contributed by atoms with Crippen molar-refractivity contribution in [2.75, 3.05) is 7.11 Å². The molecule has 5 rings (SSSR count). The highest BCUT2D eigenvalue weighted by Crippen LogP contribution is 2.61. The van der Waals surface area contributed by atoms with Gasteiger partial charge in [-0.2, -0.15) is 0 Å². The average molecular weight is 305 g/mol. The van der Waals surface area contributed by atoms with Crippen LogP contribution in [0.5, 0.6) is 5.75 Å². The summed E-state index contributed by atoms with van der Waals surface area (Å²) in [6, 6.07) is 7.40. The maximum Gasteiger partial charge on any atom is 0.125 e. The van der Waals surface area contributed by atoms with Crippen LogP contribution >= 0.6 is 11.6 Å². The van der Waals surface area contributed by atoms with E-state index in [2.05, 4.69) is 0 Å². The van der Waals surface area contributed by atoms with E-state index in [4.69, 9.17) is 16.3 Å². The van der Waals surface area contributed by atoms with Crippen molar-refractivity contribution in [3.05, 3.63) is 35.4 Å². The van der Waals surface area contributed by atoms with Crippen molar-refractivity contribution in [1.82, 2.24) is 0 Å². The molecule has 1 aromatic carbocycles. The van der Waals surface area contributed by atoms with E-state index in [9.17, 15) is 5.11 Å². The van der Waals surface area contributed by atoms with Gasteiger partial charge in [-0.15, -0.1) is 11.6 Å². The van der Waals surface area contributed by atoms with Crippen LogP contribution in [0.4, 0.5) is 0 Å². The van der Waals surface area contributed by atoms with E-state index < -0.39 is 0 Å². The van der Waals surface area contributed by atoms with E-state index in [1.807, 2.05) is 12.1 Å². The van der Waals surface area contributed by atoms with Crippen molar-refractivity contribution in [3.63, 3.8) is 0 Å². The summed E-state index contributed by atoms with van der Waals surface area (Å²) in [6.07, 6.45) is 5.88. The minimum atomic E-state index is 0.0394. The summed E-state index contributed by atoms with van der Waals surface area (Å²) in [6.45, 7) is 0. The molecule has 2 unspecified atom stereocenters. The lowest BCUT2D eigenvalue weighted by Crippen LogP contribution is -2.48. The Morgan fingerprint density at radius 3 is 2.52 bits per heavy atom. The van der Waals surface area contributed by atoms with E-state index in [-0.39, 0.29) is 4.87 Å². The summed E-state index contributed by atoms with van der Waals surface area (Å²) in [4.78, 5) is 0.0394. The summed E-state index contributed by atoms with van der Waals surface area (Å²) in [5.74, 6) is 3.18. The fourth-order valence-corrected chi connectivity index (χ4v) is 5.70. The second-order valence-electron chi connectivity index (χ2n) is 7.03. The summed E-state index contributed by atoms with van der Waals surface area (Å²) < 4.78 is 5.78. The highest BCUT2D eigenvalue weighted by atomic mass is 35.5. The standard InChI is InChI=1S/C18H21ClO2/c1-21-17(12-3-2-4-15(20)7-12)16-13-5-11-6-14(16)10-18(19,8-11)9-13/h2-4,7,11,13-14,20H,5-6,8-10H2,1H3/b17-16-/t11?,13-,14+,18?/m1/s1. The monoisotopic (exact) mass is 304 g/mol. The number of methoxy groups -OCH3 is 1. The van der Waals surface area contributed by atoms with Crippen LogP contribution in [0.25, 0.3) is 5.76 Å². The Hall–Kier alpha value is -1.15. The van der Waals surface area contributed by atoms with Crippen LogP contribution < -0.4 is 0 Å². The molecule has 0 amide bonds. The molecular formula is C18H21ClO2. The van der Waals surface area contributed by atoms with Crippen molar-refractivity contribution >= 4 is 17.4 Å². The maximum absolute atomic E-state index is 9.75. The number of alkyl halides is 1. The molecule has 3 heteroatoms. The third kappa shape index (κ3) is 2.15. The Balaban J connectivity index is 1.80. The molecule has 1 aromatic rings. The molecule has 4 aliphatic rings. The molecule has 2 nitrogen and oxygen atoms in total. The van der Waals surface area contributed by atoms with E-state index in [0.717, 1.165) is 30.1 Å². The molecule has 0 saturated heterocycles. The average Bonchev–Trinajstić information content (AvgIpc) is 2.41. The van der Waals surface area contributed by atoms with Crippen molar-refractivity contribution in [1.29, 1.82) is 0 Å². The Kier molecular flexibility index (Phi) is 3.01. The third-order valence-corrected chi connectivity index (χ3v) is 6.03. The number of phenolic OH excluding ortho intramolecular Hbond substituents is 1. The molecule has 0 spiro atoms. The lowest BCUT2D eigenvalue weighted by Gasteiger charge is -2.55. The topological polar surface area (TPSA) is 29.5 Å². The lowest BCUT2D eigenvalue weighted by molar-refractivity contribution is 0.0843. The highest BCUT2D eigenvalue weighted by molar-refractivity contribution is 6.24. The molecule has 4 bridgehead atoms. The molecule has 0 radical (unpaired) electrons. The molecule has 4 aliphatic carbocycles. The SMILES string of the molecule is CO/C(=C1/[C@@H]2CC3C[C@H]1CC(Cl)(C3)C2)c1cccc(O)c1. The Labute approximate surface area is 130 Å². The number of hydrogen-bond acceptors (Lipinski definition) is 2. The van der Waals surface area contributed by atoms with Crippen LogP contribution in [-0.4, -0.2) is 17.1 Å². The predicted octanol–water partition coefficient (Wildman–Crippen LogP) is 4.57. The van der Waals surface area contributed by atoms with Gasteiger partial charge < -0.3 is 9.84 Å². The number of phenols is 1. The van der Waals surface area contributed by atoms with Crippen molar-refractivity contribution in [3.8, 4) is 5.75 Å². The molecular weight excluding hydrogens is 284 g/mol. The van der Waals surface area contributed by atoms with Gasteiger partial charge in [0.1, 0.15) is 11.5 Å². The number of allylic oxidation sites excluding steroid dienone is 1. The quantitative estimate of drug-likeness (QED) is 0.641. The fourth-order valence-electron chi connectivity index (χ4n) is 5.11. The van der Waals surface area contributed by atoms with E-state index in [1.54, 1.807) is 19.2 Å². The molecule has 21 heavy (non-hydrogen) atoms. The van der Waals surface area contributed by atoms with Crippen molar-refractivity contribution in [2.24, 2.45) is 17.8 Å². The second-order valence-corrected chi connectivity index (χ2v) is 7.84. The zero-order valence-electron chi connectivity index (χ0n) is 12.3. The zero-order chi connectivity index (χ0) is 14.6. The van der Waals surface area contributed by atoms with E-state index >= 15 is 0 Å². The Bertz CT molecular complexity index is 589. The first-order valence-corrected chi connectivity index (χ1v) is 8.22. The first-order chi connectivity index (χ1) is 10.1. The van der Waals surface area contributed by atoms with Gasteiger partial charge in [-0.25, -0.2) is 0 Å². The summed E-state index contributed by atoms with van der Waals surface area (Å²) in [5.41, 5.74) is 2.44. The largest absolute Gasteiger partial charge is 0.508 e. The van der Waals surface area contributed by atoms with Gasteiger partial charge >= 0.3 is 0 Å². The predicted molar refractivity (Wildman–Crippen MR) is 84.2 cm³/mol. The minimum absolute atomic E-state index is 0.0394. The summed E-state index contributed by atoms with van der Waals surface area (Å²) in [5, 5.41) is 9.75. The Morgan fingerprint density at radius 2 is 1.95 bits per heavy atom. The number of benzene rings is 1. The lowest BCUT2D eigenvalue weighted by atomic mass is 9.53. The van der Waals surface area contributed by atoms with Crippen LogP contribution in [-0.2, 0) is 4.74 Å². The molecule has 0 aromatic heterocycles. The molecule has 4 saturated carbocycles. The van der Waals surface area contributed by atoms with Gasteiger partial charge in [0.15, 0.2) is 0 Å². The number of rotatable bonds is 2. The van der Waals surface area contributed by atoms with Crippen molar-refractivity contribution < 1.29 is 9.84 Å². The number of ether oxygens (including phenoxy) is 1. The molecule has 4 atom stereocenters. The first kappa shape index (κ1) is 13.5. The van der Waals surface area contributed by atoms with Gasteiger partial charge in [0.05, 0.1) is 7.11 Å². The van der Waals surface area contributed by atoms with Gasteiger partial charge in [0.25, 0.3) is 0 Å². The molecule has 1 N–H and O–H groups in total. The van der Waals surface area contributed by atoms with Crippen LogP contribution in [0.3, 0.4) is 0 Å². The van der Waals surface area contributed by atoms with Gasteiger partial charge in [0, 0.05) is 10.4 Å². The molecule has 0 heterocycles. The molecule has 0 aliphatic heterocycles. The summed E-state index contributed by atoms with van der Waals surface area (Å²) >= 11 is 6.81. The number of hydrogen-bond donors (Lipinski definition) is 1. The molecule has 4 fully saturated rings. The van der Waals surface area contributed by atoms with Crippen LogP contribution in [0.15, 0.2) is 29.8 Å². The second kappa shape index (κ2) is 4.67. The zero-order valence-corrected chi connectivity index (χ0v) is 13.1. The van der Waals surface area contributed by atoms with E-state index in [1.165, 1.54) is 24.8 Å². The fraction of sp³-hybridized carbons (Fsp3) is 0.556. The van der Waals surface area contributed by atoms with Crippen LogP contribution in [0, 0.1) is 17.8 Å². The van der Waals surface area contributed by atoms with Crippen molar-refractivity contribution in [2.45, 2.75) is 37.0 Å². The number of aromatic hydroxyl groups is 1. The smallest absolute Gasteiger partial charge is 0.125 e. The summed E-state index contributed by atoms with van der Waals surface area (Å²) in [7, 11) is 1.74. The normalized spacial score (nSPS) is 39.4. The van der Waals surface area contributed by atoms with Gasteiger partial charge in [-0.05, 0) is 67.6 Å². The third-order valence-electron chi connectivity index (χ3n) is 5.57. The molecule has 112 valence electrons. The van der Waals surface area contributed by atoms with Crippen LogP contribution in [0.2, 0.25) is 0 Å². The van der Waals surface area contributed by atoms with Gasteiger partial charge in [0.2, 0.25) is 0 Å². The first-order valence-electron chi connectivity index (χ1n) is 7.84. The maximum atomic E-state index is 9.75. The van der Waals surface area contributed by atoms with Gasteiger partial charge in [-0.1, -0.05) is 12.1 Å². The van der Waals surface area contributed by atoms with Crippen LogP contribution in [0.1, 0.15) is 37.7 Å². The van der Waals surface area contributed by atoms with Gasteiger partial charge in [-0.3, -0.25) is 0 Å².